The van der Waals surface area contributed by atoms with Crippen LogP contribution in [0, 0.1) is 5.92 Å². The Morgan fingerprint density at radius 2 is 2.10 bits per heavy atom. The van der Waals surface area contributed by atoms with E-state index in [0.717, 1.165) is 44.8 Å². The molecule has 1 fully saturated rings. The molecular formula is C15H21N3O2. The molecule has 0 saturated carbocycles. The van der Waals surface area contributed by atoms with E-state index in [0.29, 0.717) is 11.8 Å². The number of likely N-dealkylation sites (tertiary alicyclic amines) is 1. The summed E-state index contributed by atoms with van der Waals surface area (Å²) in [5, 5.41) is 11.9. The van der Waals surface area contributed by atoms with Gasteiger partial charge in [-0.25, -0.2) is 0 Å². The van der Waals surface area contributed by atoms with Gasteiger partial charge in [0.1, 0.15) is 11.6 Å². The number of hydrogen-bond acceptors (Lipinski definition) is 4. The number of fused-ring (bicyclic) bond motifs is 1. The number of oxime groups is 1. The van der Waals surface area contributed by atoms with E-state index < -0.39 is 0 Å². The third-order valence-electron chi connectivity index (χ3n) is 4.40. The van der Waals surface area contributed by atoms with Gasteiger partial charge in [0.15, 0.2) is 0 Å². The van der Waals surface area contributed by atoms with Crippen LogP contribution in [0.4, 0.5) is 0 Å². The van der Waals surface area contributed by atoms with E-state index in [1.165, 1.54) is 5.56 Å². The number of para-hydroxylation sites is 1. The molecule has 0 aromatic heterocycles. The SMILES string of the molecule is NC(=NO)C1CCN(CC2COc3ccccc32)CC1. The van der Waals surface area contributed by atoms with E-state index in [9.17, 15) is 0 Å². The minimum Gasteiger partial charge on any atom is -0.493 e. The normalized spacial score (nSPS) is 24.4. The maximum atomic E-state index is 8.72. The standard InChI is InChI=1S/C15H21N3O2/c16-15(17-19)11-5-7-18(8-6-11)9-12-10-20-14-4-2-1-3-13(12)14/h1-4,11-12,19H,5-10H2,(H2,16,17). The summed E-state index contributed by atoms with van der Waals surface area (Å²) in [5.41, 5.74) is 7.01. The molecular weight excluding hydrogens is 254 g/mol. The second-order valence-electron chi connectivity index (χ2n) is 5.65. The van der Waals surface area contributed by atoms with Gasteiger partial charge in [-0.05, 0) is 32.0 Å². The van der Waals surface area contributed by atoms with Crippen molar-refractivity contribution in [3.8, 4) is 5.75 Å². The molecule has 5 nitrogen and oxygen atoms in total. The first-order valence-electron chi connectivity index (χ1n) is 7.19. The maximum absolute atomic E-state index is 8.72. The van der Waals surface area contributed by atoms with Crippen LogP contribution < -0.4 is 10.5 Å². The van der Waals surface area contributed by atoms with Gasteiger partial charge in [0.05, 0.1) is 6.61 Å². The summed E-state index contributed by atoms with van der Waals surface area (Å²) in [6, 6.07) is 8.30. The van der Waals surface area contributed by atoms with Gasteiger partial charge in [0.25, 0.3) is 0 Å². The highest BCUT2D eigenvalue weighted by atomic mass is 16.5. The Bertz CT molecular complexity index is 496. The van der Waals surface area contributed by atoms with Crippen molar-refractivity contribution in [2.75, 3.05) is 26.2 Å². The number of benzene rings is 1. The maximum Gasteiger partial charge on any atom is 0.142 e. The molecule has 2 heterocycles. The van der Waals surface area contributed by atoms with Crippen molar-refractivity contribution in [1.29, 1.82) is 0 Å². The van der Waals surface area contributed by atoms with Gasteiger partial charge >= 0.3 is 0 Å². The lowest BCUT2D eigenvalue weighted by molar-refractivity contribution is 0.185. The Hall–Kier alpha value is -1.75. The highest BCUT2D eigenvalue weighted by molar-refractivity contribution is 5.82. The zero-order chi connectivity index (χ0) is 13.9. The van der Waals surface area contributed by atoms with Crippen molar-refractivity contribution >= 4 is 5.84 Å². The molecule has 0 spiro atoms. The molecule has 0 amide bonds. The Morgan fingerprint density at radius 3 is 2.85 bits per heavy atom. The van der Waals surface area contributed by atoms with E-state index in [1.54, 1.807) is 0 Å². The summed E-state index contributed by atoms with van der Waals surface area (Å²) in [5.74, 6) is 2.10. The van der Waals surface area contributed by atoms with Crippen LogP contribution in [0.5, 0.6) is 5.75 Å². The van der Waals surface area contributed by atoms with Crippen LogP contribution >= 0.6 is 0 Å². The van der Waals surface area contributed by atoms with Crippen LogP contribution in [0.15, 0.2) is 29.4 Å². The molecule has 0 aliphatic carbocycles. The van der Waals surface area contributed by atoms with Crippen molar-refractivity contribution in [1.82, 2.24) is 4.90 Å². The smallest absolute Gasteiger partial charge is 0.142 e. The number of hydrogen-bond donors (Lipinski definition) is 2. The fourth-order valence-corrected chi connectivity index (χ4v) is 3.19. The van der Waals surface area contributed by atoms with Crippen LogP contribution in [-0.2, 0) is 0 Å². The van der Waals surface area contributed by atoms with E-state index >= 15 is 0 Å². The monoisotopic (exact) mass is 275 g/mol. The van der Waals surface area contributed by atoms with Gasteiger partial charge in [-0.15, -0.1) is 0 Å². The number of rotatable bonds is 3. The van der Waals surface area contributed by atoms with Crippen LogP contribution in [0.1, 0.15) is 24.3 Å². The van der Waals surface area contributed by atoms with Crippen LogP contribution in [0.2, 0.25) is 0 Å². The van der Waals surface area contributed by atoms with Crippen LogP contribution in [0.25, 0.3) is 0 Å². The molecule has 1 aromatic carbocycles. The molecule has 1 atom stereocenters. The summed E-state index contributed by atoms with van der Waals surface area (Å²) in [6.07, 6.45) is 1.93. The number of piperidine rings is 1. The minimum atomic E-state index is 0.225. The Labute approximate surface area is 119 Å². The minimum absolute atomic E-state index is 0.225. The van der Waals surface area contributed by atoms with Crippen molar-refractivity contribution in [2.24, 2.45) is 16.8 Å². The molecule has 0 radical (unpaired) electrons. The highest BCUT2D eigenvalue weighted by Crippen LogP contribution is 2.34. The Morgan fingerprint density at radius 1 is 1.35 bits per heavy atom. The third kappa shape index (κ3) is 2.58. The van der Waals surface area contributed by atoms with Gasteiger partial charge in [0, 0.05) is 23.9 Å². The fraction of sp³-hybridized carbons (Fsp3) is 0.533. The van der Waals surface area contributed by atoms with Crippen molar-refractivity contribution in [3.63, 3.8) is 0 Å². The zero-order valence-corrected chi connectivity index (χ0v) is 11.5. The molecule has 1 aromatic rings. The molecule has 2 aliphatic rings. The quantitative estimate of drug-likeness (QED) is 0.380. The van der Waals surface area contributed by atoms with Crippen LogP contribution in [-0.4, -0.2) is 42.2 Å². The first kappa shape index (κ1) is 13.2. The van der Waals surface area contributed by atoms with Crippen molar-refractivity contribution in [3.05, 3.63) is 29.8 Å². The van der Waals surface area contributed by atoms with E-state index in [-0.39, 0.29) is 5.92 Å². The lowest BCUT2D eigenvalue weighted by Gasteiger charge is -2.32. The number of ether oxygens (including phenoxy) is 1. The molecule has 108 valence electrons. The van der Waals surface area contributed by atoms with Gasteiger partial charge in [0.2, 0.25) is 0 Å². The summed E-state index contributed by atoms with van der Waals surface area (Å²) < 4.78 is 5.73. The van der Waals surface area contributed by atoms with Gasteiger partial charge in [-0.3, -0.25) is 0 Å². The summed E-state index contributed by atoms with van der Waals surface area (Å²) >= 11 is 0. The molecule has 0 bridgehead atoms. The van der Waals surface area contributed by atoms with E-state index in [2.05, 4.69) is 22.2 Å². The first-order chi connectivity index (χ1) is 9.78. The molecule has 20 heavy (non-hydrogen) atoms. The molecule has 5 heteroatoms. The number of amidine groups is 1. The molecule has 3 rings (SSSR count). The predicted octanol–water partition coefficient (Wildman–Crippen LogP) is 1.62. The summed E-state index contributed by atoms with van der Waals surface area (Å²) in [6.45, 7) is 3.80. The second-order valence-corrected chi connectivity index (χ2v) is 5.65. The molecule has 2 aliphatic heterocycles. The van der Waals surface area contributed by atoms with Crippen molar-refractivity contribution in [2.45, 2.75) is 18.8 Å². The average Bonchev–Trinajstić information content (AvgIpc) is 2.91. The highest BCUT2D eigenvalue weighted by Gasteiger charge is 2.28. The first-order valence-corrected chi connectivity index (χ1v) is 7.19. The Kier molecular flexibility index (Phi) is 3.78. The average molecular weight is 275 g/mol. The van der Waals surface area contributed by atoms with Crippen LogP contribution in [0.3, 0.4) is 0 Å². The summed E-state index contributed by atoms with van der Waals surface area (Å²) in [7, 11) is 0. The predicted molar refractivity (Wildman–Crippen MR) is 77.3 cm³/mol. The van der Waals surface area contributed by atoms with Gasteiger partial charge in [-0.2, -0.15) is 0 Å². The van der Waals surface area contributed by atoms with Gasteiger partial charge in [-0.1, -0.05) is 23.4 Å². The lowest BCUT2D eigenvalue weighted by Crippen LogP contribution is -2.40. The van der Waals surface area contributed by atoms with E-state index in [1.807, 2.05) is 12.1 Å². The third-order valence-corrected chi connectivity index (χ3v) is 4.40. The molecule has 1 unspecified atom stereocenters. The summed E-state index contributed by atoms with van der Waals surface area (Å²) in [4.78, 5) is 2.46. The molecule has 3 N–H and O–H groups in total. The van der Waals surface area contributed by atoms with Gasteiger partial charge < -0.3 is 20.6 Å². The second kappa shape index (κ2) is 5.71. The van der Waals surface area contributed by atoms with E-state index in [4.69, 9.17) is 15.7 Å². The number of nitrogens with zero attached hydrogens (tertiary/aromatic N) is 2. The van der Waals surface area contributed by atoms with Crippen molar-refractivity contribution < 1.29 is 9.94 Å². The molecule has 1 saturated heterocycles. The fourth-order valence-electron chi connectivity index (χ4n) is 3.19. The zero-order valence-electron chi connectivity index (χ0n) is 11.5. The topological polar surface area (TPSA) is 71.1 Å². The Balaban J connectivity index is 1.56. The largest absolute Gasteiger partial charge is 0.493 e. The lowest BCUT2D eigenvalue weighted by atomic mass is 9.94. The number of nitrogens with two attached hydrogens (primary N) is 1.